The lowest BCUT2D eigenvalue weighted by molar-refractivity contribution is 0.0826. The number of rotatable bonds is 3. The van der Waals surface area contributed by atoms with Gasteiger partial charge in [-0.15, -0.1) is 0 Å². The molecule has 1 amide bonds. The number of nitrogens with one attached hydrogen (secondary N) is 2. The number of piperazine rings is 1. The number of H-pyrrole nitrogens is 1. The Hall–Kier alpha value is -1.37. The van der Waals surface area contributed by atoms with Crippen LogP contribution in [0.4, 0.5) is 0 Å². The van der Waals surface area contributed by atoms with E-state index in [1.54, 1.807) is 12.3 Å². The molecular weight excluding hydrogens is 256 g/mol. The Morgan fingerprint density at radius 1 is 1.35 bits per heavy atom. The largest absolute Gasteiger partial charge is 0.378 e. The molecule has 0 bridgehead atoms. The van der Waals surface area contributed by atoms with Crippen LogP contribution < -0.4 is 5.32 Å². The van der Waals surface area contributed by atoms with Crippen LogP contribution >= 0.6 is 0 Å². The second-order valence-corrected chi connectivity index (χ2v) is 5.61. The van der Waals surface area contributed by atoms with Gasteiger partial charge in [0.05, 0.1) is 25.3 Å². The summed E-state index contributed by atoms with van der Waals surface area (Å²) in [5.74, 6) is -0.0513. The molecule has 2 aliphatic heterocycles. The molecule has 0 aromatic carbocycles. The molecular formula is C14H22N4O2. The molecule has 2 aliphatic rings. The van der Waals surface area contributed by atoms with Crippen molar-refractivity contribution in [2.75, 3.05) is 46.4 Å². The lowest BCUT2D eigenvalue weighted by Crippen LogP contribution is -2.56. The summed E-state index contributed by atoms with van der Waals surface area (Å²) >= 11 is 0. The lowest BCUT2D eigenvalue weighted by Gasteiger charge is -2.38. The Bertz CT molecular complexity index is 440. The normalized spacial score (nSPS) is 28.6. The van der Waals surface area contributed by atoms with Gasteiger partial charge in [-0.3, -0.25) is 9.69 Å². The third kappa shape index (κ3) is 2.87. The third-order valence-corrected chi connectivity index (χ3v) is 4.22. The quantitative estimate of drug-likeness (QED) is 0.801. The standard InChI is InChI=1S/C14H22N4O2/c1-17-5-7-18(8-6-17)13-10-20-9-12(13)16-14(19)11-3-2-4-15-11/h2-4,12-13,15H,5-10H2,1H3,(H,16,19)/t12-,13-/m0/s1. The number of hydrogen-bond donors (Lipinski definition) is 2. The highest BCUT2D eigenvalue weighted by Gasteiger charge is 2.35. The summed E-state index contributed by atoms with van der Waals surface area (Å²) in [6.45, 7) is 5.54. The first-order chi connectivity index (χ1) is 9.74. The molecule has 1 aromatic rings. The Morgan fingerprint density at radius 3 is 2.85 bits per heavy atom. The van der Waals surface area contributed by atoms with Gasteiger partial charge in [0, 0.05) is 32.4 Å². The second kappa shape index (κ2) is 5.95. The Kier molecular flexibility index (Phi) is 4.05. The maximum Gasteiger partial charge on any atom is 0.268 e. The fraction of sp³-hybridized carbons (Fsp3) is 0.643. The molecule has 0 aliphatic carbocycles. The number of ether oxygens (including phenoxy) is 1. The molecule has 2 saturated heterocycles. The van der Waals surface area contributed by atoms with Gasteiger partial charge in [-0.2, -0.15) is 0 Å². The minimum atomic E-state index is -0.0513. The molecule has 3 heterocycles. The zero-order valence-electron chi connectivity index (χ0n) is 11.8. The summed E-state index contributed by atoms with van der Waals surface area (Å²) < 4.78 is 5.59. The van der Waals surface area contributed by atoms with E-state index in [1.807, 2.05) is 6.07 Å². The lowest BCUT2D eigenvalue weighted by atomic mass is 10.1. The van der Waals surface area contributed by atoms with Gasteiger partial charge in [0.1, 0.15) is 5.69 Å². The summed E-state index contributed by atoms with van der Waals surface area (Å²) in [5.41, 5.74) is 0.606. The average molecular weight is 278 g/mol. The van der Waals surface area contributed by atoms with Crippen LogP contribution in [-0.4, -0.2) is 79.2 Å². The number of aromatic nitrogens is 1. The molecule has 6 heteroatoms. The molecule has 2 fully saturated rings. The second-order valence-electron chi connectivity index (χ2n) is 5.61. The summed E-state index contributed by atoms with van der Waals surface area (Å²) in [7, 11) is 2.15. The van der Waals surface area contributed by atoms with Gasteiger partial charge in [0.25, 0.3) is 5.91 Å². The minimum Gasteiger partial charge on any atom is -0.378 e. The fourth-order valence-corrected chi connectivity index (χ4v) is 2.91. The number of carbonyl (C=O) groups is 1. The van der Waals surface area contributed by atoms with Gasteiger partial charge < -0.3 is 19.9 Å². The highest BCUT2D eigenvalue weighted by molar-refractivity contribution is 5.92. The molecule has 6 nitrogen and oxygen atoms in total. The maximum atomic E-state index is 12.1. The predicted molar refractivity (Wildman–Crippen MR) is 75.7 cm³/mol. The topological polar surface area (TPSA) is 60.6 Å². The summed E-state index contributed by atoms with van der Waals surface area (Å²) in [6.07, 6.45) is 1.76. The molecule has 0 unspecified atom stereocenters. The van der Waals surface area contributed by atoms with Crippen molar-refractivity contribution < 1.29 is 9.53 Å². The van der Waals surface area contributed by atoms with Crippen LogP contribution in [0.3, 0.4) is 0 Å². The highest BCUT2D eigenvalue weighted by Crippen LogP contribution is 2.16. The predicted octanol–water partition coefficient (Wildman–Crippen LogP) is -0.241. The van der Waals surface area contributed by atoms with Gasteiger partial charge in [-0.1, -0.05) is 0 Å². The van der Waals surface area contributed by atoms with Crippen molar-refractivity contribution in [2.45, 2.75) is 12.1 Å². The summed E-state index contributed by atoms with van der Waals surface area (Å²) in [4.78, 5) is 19.8. The Labute approximate surface area is 119 Å². The van der Waals surface area contributed by atoms with Crippen LogP contribution in [0.15, 0.2) is 18.3 Å². The zero-order valence-corrected chi connectivity index (χ0v) is 11.8. The fourth-order valence-electron chi connectivity index (χ4n) is 2.91. The Balaban J connectivity index is 1.59. The van der Waals surface area contributed by atoms with Crippen molar-refractivity contribution in [1.29, 1.82) is 0 Å². The first-order valence-corrected chi connectivity index (χ1v) is 7.18. The molecule has 0 radical (unpaired) electrons. The molecule has 2 N–H and O–H groups in total. The molecule has 110 valence electrons. The summed E-state index contributed by atoms with van der Waals surface area (Å²) in [6, 6.07) is 3.99. The van der Waals surface area contributed by atoms with Crippen molar-refractivity contribution in [2.24, 2.45) is 0 Å². The van der Waals surface area contributed by atoms with E-state index < -0.39 is 0 Å². The van der Waals surface area contributed by atoms with Crippen LogP contribution in [0.25, 0.3) is 0 Å². The van der Waals surface area contributed by atoms with E-state index in [9.17, 15) is 4.79 Å². The average Bonchev–Trinajstić information content (AvgIpc) is 3.10. The first-order valence-electron chi connectivity index (χ1n) is 7.18. The number of hydrogen-bond acceptors (Lipinski definition) is 4. The van der Waals surface area contributed by atoms with E-state index in [2.05, 4.69) is 27.1 Å². The van der Waals surface area contributed by atoms with Crippen LogP contribution in [0.5, 0.6) is 0 Å². The van der Waals surface area contributed by atoms with Crippen LogP contribution in [0, 0.1) is 0 Å². The van der Waals surface area contributed by atoms with Gasteiger partial charge in [0.2, 0.25) is 0 Å². The first kappa shape index (κ1) is 13.6. The SMILES string of the molecule is CN1CCN([C@H]2COC[C@@H]2NC(=O)c2ccc[nH]2)CC1. The highest BCUT2D eigenvalue weighted by atomic mass is 16.5. The van der Waals surface area contributed by atoms with E-state index >= 15 is 0 Å². The van der Waals surface area contributed by atoms with Crippen LogP contribution in [-0.2, 0) is 4.74 Å². The van der Waals surface area contributed by atoms with Gasteiger partial charge in [-0.05, 0) is 19.2 Å². The molecule has 0 spiro atoms. The molecule has 3 rings (SSSR count). The van der Waals surface area contributed by atoms with Crippen molar-refractivity contribution >= 4 is 5.91 Å². The van der Waals surface area contributed by atoms with Crippen molar-refractivity contribution in [3.8, 4) is 0 Å². The number of nitrogens with zero attached hydrogens (tertiary/aromatic N) is 2. The molecule has 2 atom stereocenters. The minimum absolute atomic E-state index is 0.0513. The number of amides is 1. The maximum absolute atomic E-state index is 12.1. The van der Waals surface area contributed by atoms with E-state index in [4.69, 9.17) is 4.74 Å². The number of aromatic amines is 1. The molecule has 20 heavy (non-hydrogen) atoms. The molecule has 0 saturated carbocycles. The van der Waals surface area contributed by atoms with E-state index in [1.165, 1.54) is 0 Å². The monoisotopic (exact) mass is 278 g/mol. The van der Waals surface area contributed by atoms with Crippen LogP contribution in [0.2, 0.25) is 0 Å². The number of carbonyl (C=O) groups excluding carboxylic acids is 1. The van der Waals surface area contributed by atoms with Gasteiger partial charge in [0.15, 0.2) is 0 Å². The van der Waals surface area contributed by atoms with E-state index in [0.29, 0.717) is 24.9 Å². The zero-order chi connectivity index (χ0) is 13.9. The van der Waals surface area contributed by atoms with Gasteiger partial charge in [-0.25, -0.2) is 0 Å². The summed E-state index contributed by atoms with van der Waals surface area (Å²) in [5, 5.41) is 3.09. The number of likely N-dealkylation sites (N-methyl/N-ethyl adjacent to an activating group) is 1. The smallest absolute Gasteiger partial charge is 0.268 e. The van der Waals surface area contributed by atoms with E-state index in [-0.39, 0.29) is 11.9 Å². The van der Waals surface area contributed by atoms with Crippen LogP contribution in [0.1, 0.15) is 10.5 Å². The van der Waals surface area contributed by atoms with Crippen molar-refractivity contribution in [1.82, 2.24) is 20.1 Å². The van der Waals surface area contributed by atoms with Crippen molar-refractivity contribution in [3.63, 3.8) is 0 Å². The third-order valence-electron chi connectivity index (χ3n) is 4.22. The molecule has 1 aromatic heterocycles. The van der Waals surface area contributed by atoms with Gasteiger partial charge >= 0.3 is 0 Å². The van der Waals surface area contributed by atoms with Crippen molar-refractivity contribution in [3.05, 3.63) is 24.0 Å². The Morgan fingerprint density at radius 2 is 2.15 bits per heavy atom. The van der Waals surface area contributed by atoms with E-state index in [0.717, 1.165) is 26.2 Å².